The molecule has 7 nitrogen and oxygen atoms in total. The van der Waals surface area contributed by atoms with Crippen LogP contribution in [0.2, 0.25) is 0 Å². The SMILES string of the molecule is Cc1ccc(OCc2nnc(SCC(=O)c3ccc4c(c3)CCC(=O)N4)o2)cc1. The topological polar surface area (TPSA) is 94.3 Å². The maximum Gasteiger partial charge on any atom is 0.277 e. The van der Waals surface area contributed by atoms with Crippen LogP contribution in [0.4, 0.5) is 5.69 Å². The van der Waals surface area contributed by atoms with Crippen molar-refractivity contribution in [2.24, 2.45) is 0 Å². The number of fused-ring (bicyclic) bond motifs is 1. The number of amides is 1. The Morgan fingerprint density at radius 1 is 1.17 bits per heavy atom. The third kappa shape index (κ3) is 4.83. The maximum absolute atomic E-state index is 12.5. The number of aryl methyl sites for hydroxylation is 2. The van der Waals surface area contributed by atoms with Crippen molar-refractivity contribution in [2.75, 3.05) is 11.1 Å². The molecule has 0 fully saturated rings. The standard InChI is InChI=1S/C21H19N3O4S/c1-13-2-6-16(7-3-13)27-11-20-23-24-21(28-20)29-12-18(25)15-4-8-17-14(10-15)5-9-19(26)22-17/h2-4,6-8,10H,5,9,11-12H2,1H3,(H,22,26). The van der Waals surface area contributed by atoms with Crippen molar-refractivity contribution in [3.8, 4) is 5.75 Å². The Bertz CT molecular complexity index is 1050. The van der Waals surface area contributed by atoms with Crippen LogP contribution in [0.15, 0.2) is 52.1 Å². The fourth-order valence-corrected chi connectivity index (χ4v) is 3.58. The Balaban J connectivity index is 1.31. The first-order valence-electron chi connectivity index (χ1n) is 9.17. The van der Waals surface area contributed by atoms with E-state index < -0.39 is 0 Å². The summed E-state index contributed by atoms with van der Waals surface area (Å²) in [6.07, 6.45) is 1.08. The van der Waals surface area contributed by atoms with Crippen molar-refractivity contribution < 1.29 is 18.7 Å². The van der Waals surface area contributed by atoms with E-state index in [2.05, 4.69) is 15.5 Å². The molecule has 1 aromatic heterocycles. The van der Waals surface area contributed by atoms with Gasteiger partial charge in [-0.2, -0.15) is 0 Å². The van der Waals surface area contributed by atoms with Gasteiger partial charge in [0.15, 0.2) is 12.4 Å². The van der Waals surface area contributed by atoms with E-state index in [0.717, 1.165) is 22.6 Å². The summed E-state index contributed by atoms with van der Waals surface area (Å²) in [6.45, 7) is 2.18. The molecule has 1 N–H and O–H groups in total. The number of benzene rings is 2. The molecular weight excluding hydrogens is 390 g/mol. The normalized spacial score (nSPS) is 12.9. The van der Waals surface area contributed by atoms with Crippen LogP contribution in [0.25, 0.3) is 0 Å². The minimum absolute atomic E-state index is 0.00527. The van der Waals surface area contributed by atoms with Crippen molar-refractivity contribution in [1.82, 2.24) is 10.2 Å². The first kappa shape index (κ1) is 19.2. The van der Waals surface area contributed by atoms with Crippen molar-refractivity contribution >= 4 is 29.1 Å². The van der Waals surface area contributed by atoms with Gasteiger partial charge < -0.3 is 14.5 Å². The molecule has 0 atom stereocenters. The van der Waals surface area contributed by atoms with Gasteiger partial charge in [-0.15, -0.1) is 10.2 Å². The Kier molecular flexibility index (Phi) is 5.62. The summed E-state index contributed by atoms with van der Waals surface area (Å²) in [7, 11) is 0. The van der Waals surface area contributed by atoms with Gasteiger partial charge in [0.25, 0.3) is 11.1 Å². The summed E-state index contributed by atoms with van der Waals surface area (Å²) in [5.41, 5.74) is 3.52. The van der Waals surface area contributed by atoms with Crippen molar-refractivity contribution in [2.45, 2.75) is 31.6 Å². The number of rotatable bonds is 7. The number of Topliss-reactive ketones (excluding diaryl/α,β-unsaturated/α-hetero) is 1. The van der Waals surface area contributed by atoms with Crippen LogP contribution in [-0.2, 0) is 17.8 Å². The Labute approximate surface area is 171 Å². The van der Waals surface area contributed by atoms with Gasteiger partial charge in [-0.05, 0) is 49.2 Å². The quantitative estimate of drug-likeness (QED) is 0.468. The lowest BCUT2D eigenvalue weighted by molar-refractivity contribution is -0.116. The van der Waals surface area contributed by atoms with Crippen LogP contribution in [0.1, 0.15) is 33.8 Å². The molecule has 0 saturated carbocycles. The number of ketones is 1. The molecule has 8 heteroatoms. The van der Waals surface area contributed by atoms with E-state index in [1.165, 1.54) is 11.8 Å². The maximum atomic E-state index is 12.5. The predicted octanol–water partition coefficient (Wildman–Crippen LogP) is 3.82. The monoisotopic (exact) mass is 409 g/mol. The largest absolute Gasteiger partial charge is 0.484 e. The van der Waals surface area contributed by atoms with Crippen LogP contribution in [0.5, 0.6) is 5.75 Å². The molecule has 0 saturated heterocycles. The molecule has 148 valence electrons. The number of nitrogens with one attached hydrogen (secondary N) is 1. The van der Waals surface area contributed by atoms with Gasteiger partial charge in [-0.25, -0.2) is 0 Å². The third-order valence-corrected chi connectivity index (χ3v) is 5.30. The summed E-state index contributed by atoms with van der Waals surface area (Å²) in [6, 6.07) is 13.0. The molecule has 1 aliphatic heterocycles. The van der Waals surface area contributed by atoms with Crippen molar-refractivity contribution in [1.29, 1.82) is 0 Å². The number of aromatic nitrogens is 2. The number of hydrogen-bond acceptors (Lipinski definition) is 7. The highest BCUT2D eigenvalue weighted by Crippen LogP contribution is 2.25. The number of anilines is 1. The van der Waals surface area contributed by atoms with E-state index in [1.807, 2.05) is 37.3 Å². The van der Waals surface area contributed by atoms with Crippen molar-refractivity contribution in [3.63, 3.8) is 0 Å². The van der Waals surface area contributed by atoms with Crippen LogP contribution in [0, 0.1) is 6.92 Å². The van der Waals surface area contributed by atoms with Crippen LogP contribution < -0.4 is 10.1 Å². The predicted molar refractivity (Wildman–Crippen MR) is 108 cm³/mol. The second kappa shape index (κ2) is 8.48. The van der Waals surface area contributed by atoms with Gasteiger partial charge in [-0.1, -0.05) is 29.5 Å². The molecule has 3 aromatic rings. The summed E-state index contributed by atoms with van der Waals surface area (Å²) in [4.78, 5) is 23.9. The summed E-state index contributed by atoms with van der Waals surface area (Å²) in [5, 5.41) is 11.0. The van der Waals surface area contributed by atoms with E-state index in [4.69, 9.17) is 9.15 Å². The molecule has 1 aliphatic rings. The zero-order chi connectivity index (χ0) is 20.2. The number of ether oxygens (including phenoxy) is 1. The minimum Gasteiger partial charge on any atom is -0.484 e. The second-order valence-electron chi connectivity index (χ2n) is 6.70. The Hall–Kier alpha value is -3.13. The van der Waals surface area contributed by atoms with Crippen LogP contribution in [0.3, 0.4) is 0 Å². The lowest BCUT2D eigenvalue weighted by Gasteiger charge is -2.17. The molecule has 0 bridgehead atoms. The molecule has 4 rings (SSSR count). The Morgan fingerprint density at radius 3 is 2.83 bits per heavy atom. The first-order chi connectivity index (χ1) is 14.1. The van der Waals surface area contributed by atoms with Gasteiger partial charge in [0.1, 0.15) is 5.75 Å². The number of thioether (sulfide) groups is 1. The fraction of sp³-hybridized carbons (Fsp3) is 0.238. The van der Waals surface area contributed by atoms with E-state index in [0.29, 0.717) is 29.5 Å². The highest BCUT2D eigenvalue weighted by atomic mass is 32.2. The Morgan fingerprint density at radius 2 is 2.00 bits per heavy atom. The fourth-order valence-electron chi connectivity index (χ4n) is 2.90. The summed E-state index contributed by atoms with van der Waals surface area (Å²) >= 11 is 1.19. The van der Waals surface area contributed by atoms with E-state index in [1.54, 1.807) is 12.1 Å². The average Bonchev–Trinajstić information content (AvgIpc) is 3.19. The molecule has 2 aromatic carbocycles. The van der Waals surface area contributed by atoms with Crippen molar-refractivity contribution in [3.05, 3.63) is 65.0 Å². The van der Waals surface area contributed by atoms with Gasteiger partial charge >= 0.3 is 0 Å². The number of carbonyl (C=O) groups excluding carboxylic acids is 2. The molecule has 0 unspecified atom stereocenters. The number of hydrogen-bond donors (Lipinski definition) is 1. The molecule has 1 amide bonds. The van der Waals surface area contributed by atoms with Crippen LogP contribution in [-0.4, -0.2) is 27.6 Å². The number of nitrogens with zero attached hydrogens (tertiary/aromatic N) is 2. The molecular formula is C21H19N3O4S. The van der Waals surface area contributed by atoms with E-state index in [9.17, 15) is 9.59 Å². The highest BCUT2D eigenvalue weighted by molar-refractivity contribution is 7.99. The van der Waals surface area contributed by atoms with Gasteiger partial charge in [0.05, 0.1) is 5.75 Å². The third-order valence-electron chi connectivity index (χ3n) is 4.48. The molecule has 2 heterocycles. The average molecular weight is 409 g/mol. The zero-order valence-electron chi connectivity index (χ0n) is 15.8. The summed E-state index contributed by atoms with van der Waals surface area (Å²) in [5.74, 6) is 1.23. The molecule has 0 aliphatic carbocycles. The minimum atomic E-state index is -0.0367. The molecule has 0 spiro atoms. The second-order valence-corrected chi connectivity index (χ2v) is 7.62. The summed E-state index contributed by atoms with van der Waals surface area (Å²) < 4.78 is 11.1. The molecule has 0 radical (unpaired) electrons. The van der Waals surface area contributed by atoms with Crippen LogP contribution >= 0.6 is 11.8 Å². The van der Waals surface area contributed by atoms with E-state index >= 15 is 0 Å². The zero-order valence-corrected chi connectivity index (χ0v) is 16.6. The molecule has 29 heavy (non-hydrogen) atoms. The lowest BCUT2D eigenvalue weighted by atomic mass is 9.99. The van der Waals surface area contributed by atoms with E-state index in [-0.39, 0.29) is 24.1 Å². The smallest absolute Gasteiger partial charge is 0.277 e. The highest BCUT2D eigenvalue weighted by Gasteiger charge is 2.17. The van der Waals surface area contributed by atoms with Gasteiger partial charge in [0, 0.05) is 17.7 Å². The number of carbonyl (C=O) groups is 2. The van der Waals surface area contributed by atoms with Gasteiger partial charge in [-0.3, -0.25) is 9.59 Å². The van der Waals surface area contributed by atoms with Gasteiger partial charge in [0.2, 0.25) is 5.91 Å². The first-order valence-corrected chi connectivity index (χ1v) is 10.2. The lowest BCUT2D eigenvalue weighted by Crippen LogP contribution is -2.19.